The molecule has 0 bridgehead atoms. The van der Waals surface area contributed by atoms with Gasteiger partial charge in [0.1, 0.15) is 5.75 Å². The maximum absolute atomic E-state index is 6.23. The number of hydrogen-bond donors (Lipinski definition) is 1. The highest BCUT2D eigenvalue weighted by molar-refractivity contribution is 6.30. The van der Waals surface area contributed by atoms with Crippen molar-refractivity contribution in [3.05, 3.63) is 28.3 Å². The van der Waals surface area contributed by atoms with E-state index < -0.39 is 0 Å². The third-order valence-corrected chi connectivity index (χ3v) is 4.86. The summed E-state index contributed by atoms with van der Waals surface area (Å²) in [6.45, 7) is 6.60. The number of benzene rings is 1. The minimum atomic E-state index is 0.632. The van der Waals surface area contributed by atoms with Gasteiger partial charge in [0.05, 0.1) is 6.61 Å². The molecule has 2 nitrogen and oxygen atoms in total. The molecule has 1 N–H and O–H groups in total. The van der Waals surface area contributed by atoms with E-state index in [1.165, 1.54) is 24.0 Å². The first-order valence-corrected chi connectivity index (χ1v) is 8.18. The number of halogens is 1. The molecule has 0 spiro atoms. The average molecular weight is 294 g/mol. The Morgan fingerprint density at radius 2 is 2.10 bits per heavy atom. The van der Waals surface area contributed by atoms with Gasteiger partial charge in [-0.1, -0.05) is 25.4 Å². The van der Waals surface area contributed by atoms with Gasteiger partial charge in [0.2, 0.25) is 0 Å². The summed E-state index contributed by atoms with van der Waals surface area (Å²) in [4.78, 5) is 0. The van der Waals surface area contributed by atoms with Crippen molar-refractivity contribution in [1.82, 2.24) is 5.32 Å². The highest BCUT2D eigenvalue weighted by atomic mass is 35.5. The fraction of sp³-hybridized carbons (Fsp3) is 0.647. The molecular weight excluding hydrogens is 270 g/mol. The van der Waals surface area contributed by atoms with E-state index in [0.29, 0.717) is 11.8 Å². The van der Waals surface area contributed by atoms with Crippen LogP contribution in [0.25, 0.3) is 0 Å². The molecule has 0 aromatic heterocycles. The second kappa shape index (κ2) is 5.95. The van der Waals surface area contributed by atoms with Crippen LogP contribution in [0.5, 0.6) is 5.75 Å². The van der Waals surface area contributed by atoms with Crippen LogP contribution in [0.15, 0.2) is 12.1 Å². The van der Waals surface area contributed by atoms with E-state index in [2.05, 4.69) is 31.3 Å². The molecule has 1 fully saturated rings. The highest BCUT2D eigenvalue weighted by Gasteiger charge is 2.24. The molecule has 1 saturated carbocycles. The zero-order chi connectivity index (χ0) is 14.1. The molecule has 1 aliphatic heterocycles. The predicted octanol–water partition coefficient (Wildman–Crippen LogP) is 3.84. The van der Waals surface area contributed by atoms with Crippen LogP contribution in [-0.4, -0.2) is 19.2 Å². The average Bonchev–Trinajstić information content (AvgIpc) is 3.12. The Morgan fingerprint density at radius 3 is 2.85 bits per heavy atom. The van der Waals surface area contributed by atoms with Crippen molar-refractivity contribution in [2.45, 2.75) is 45.6 Å². The van der Waals surface area contributed by atoms with Crippen molar-refractivity contribution < 1.29 is 4.74 Å². The summed E-state index contributed by atoms with van der Waals surface area (Å²) >= 11 is 6.23. The van der Waals surface area contributed by atoms with E-state index in [1.54, 1.807) is 0 Å². The lowest BCUT2D eigenvalue weighted by molar-refractivity contribution is 0.338. The summed E-state index contributed by atoms with van der Waals surface area (Å²) < 4.78 is 5.80. The Labute approximate surface area is 126 Å². The van der Waals surface area contributed by atoms with Crippen molar-refractivity contribution in [2.75, 3.05) is 13.2 Å². The van der Waals surface area contributed by atoms with Gasteiger partial charge in [0.15, 0.2) is 0 Å². The summed E-state index contributed by atoms with van der Waals surface area (Å²) in [7, 11) is 0. The molecule has 3 heteroatoms. The quantitative estimate of drug-likeness (QED) is 0.860. The predicted molar refractivity (Wildman–Crippen MR) is 83.7 cm³/mol. The number of hydrogen-bond acceptors (Lipinski definition) is 2. The molecule has 20 heavy (non-hydrogen) atoms. The van der Waals surface area contributed by atoms with Crippen LogP contribution in [-0.2, 0) is 12.8 Å². The molecule has 1 aromatic rings. The second-order valence-electron chi connectivity index (χ2n) is 6.49. The lowest BCUT2D eigenvalue weighted by Crippen LogP contribution is -2.27. The Balaban J connectivity index is 1.64. The Hall–Kier alpha value is -0.730. The van der Waals surface area contributed by atoms with Crippen molar-refractivity contribution in [3.8, 4) is 5.75 Å². The zero-order valence-electron chi connectivity index (χ0n) is 12.4. The Morgan fingerprint density at radius 1 is 1.30 bits per heavy atom. The molecule has 1 heterocycles. The lowest BCUT2D eigenvalue weighted by atomic mass is 9.88. The van der Waals surface area contributed by atoms with Crippen LogP contribution in [0.3, 0.4) is 0 Å². The first-order chi connectivity index (χ1) is 9.63. The number of rotatable bonds is 6. The third-order valence-electron chi connectivity index (χ3n) is 4.64. The zero-order valence-corrected chi connectivity index (χ0v) is 13.2. The monoisotopic (exact) mass is 293 g/mol. The van der Waals surface area contributed by atoms with Gasteiger partial charge in [-0.2, -0.15) is 0 Å². The van der Waals surface area contributed by atoms with Crippen LogP contribution < -0.4 is 10.1 Å². The maximum Gasteiger partial charge on any atom is 0.125 e. The lowest BCUT2D eigenvalue weighted by Gasteiger charge is -2.21. The van der Waals surface area contributed by atoms with Crippen LogP contribution >= 0.6 is 11.6 Å². The van der Waals surface area contributed by atoms with Crippen LogP contribution in [0.1, 0.15) is 37.8 Å². The largest absolute Gasteiger partial charge is 0.493 e. The van der Waals surface area contributed by atoms with Gasteiger partial charge in [-0.05, 0) is 60.9 Å². The fourth-order valence-corrected chi connectivity index (χ4v) is 3.15. The molecule has 2 atom stereocenters. The van der Waals surface area contributed by atoms with Gasteiger partial charge < -0.3 is 10.1 Å². The Kier molecular flexibility index (Phi) is 4.23. The minimum Gasteiger partial charge on any atom is -0.493 e. The molecule has 0 amide bonds. The summed E-state index contributed by atoms with van der Waals surface area (Å²) in [5, 5.41) is 4.48. The summed E-state index contributed by atoms with van der Waals surface area (Å²) in [6.07, 6.45) is 4.76. The molecule has 1 aliphatic carbocycles. The second-order valence-corrected chi connectivity index (χ2v) is 6.93. The smallest absolute Gasteiger partial charge is 0.125 e. The van der Waals surface area contributed by atoms with E-state index in [1.807, 2.05) is 0 Å². The summed E-state index contributed by atoms with van der Waals surface area (Å²) in [5.74, 6) is 2.41. The molecule has 2 aliphatic rings. The fourth-order valence-electron chi connectivity index (χ4n) is 2.89. The van der Waals surface area contributed by atoms with Gasteiger partial charge in [0, 0.05) is 17.5 Å². The summed E-state index contributed by atoms with van der Waals surface area (Å²) in [6, 6.07) is 4.93. The van der Waals surface area contributed by atoms with Gasteiger partial charge >= 0.3 is 0 Å². The first-order valence-electron chi connectivity index (χ1n) is 7.81. The van der Waals surface area contributed by atoms with E-state index in [0.717, 1.165) is 42.8 Å². The normalized spacial score (nSPS) is 20.4. The molecule has 3 rings (SSSR count). The number of fused-ring (bicyclic) bond motifs is 1. The SMILES string of the molecule is CC(CNC1CC1)C(C)Cc1cc(Cl)cc2c1OCC2. The molecule has 2 unspecified atom stereocenters. The van der Waals surface area contributed by atoms with Crippen LogP contribution in [0.2, 0.25) is 5.02 Å². The van der Waals surface area contributed by atoms with Crippen molar-refractivity contribution in [3.63, 3.8) is 0 Å². The Bertz CT molecular complexity index is 484. The molecular formula is C17H24ClNO. The first kappa shape index (κ1) is 14.2. The minimum absolute atomic E-state index is 0.632. The van der Waals surface area contributed by atoms with Gasteiger partial charge in [-0.25, -0.2) is 0 Å². The van der Waals surface area contributed by atoms with Gasteiger partial charge in [-0.3, -0.25) is 0 Å². The van der Waals surface area contributed by atoms with E-state index in [-0.39, 0.29) is 0 Å². The maximum atomic E-state index is 6.23. The van der Waals surface area contributed by atoms with Crippen molar-refractivity contribution in [2.24, 2.45) is 11.8 Å². The molecule has 0 radical (unpaired) electrons. The van der Waals surface area contributed by atoms with Gasteiger partial charge in [0.25, 0.3) is 0 Å². The van der Waals surface area contributed by atoms with E-state index in [9.17, 15) is 0 Å². The van der Waals surface area contributed by atoms with Crippen molar-refractivity contribution in [1.29, 1.82) is 0 Å². The van der Waals surface area contributed by atoms with E-state index in [4.69, 9.17) is 16.3 Å². The standard InChI is InChI=1S/C17H24ClNO/c1-11(12(2)10-19-16-3-4-16)7-14-9-15(18)8-13-5-6-20-17(13)14/h8-9,11-12,16,19H,3-7,10H2,1-2H3. The van der Waals surface area contributed by atoms with Crippen molar-refractivity contribution >= 4 is 11.6 Å². The molecule has 0 saturated heterocycles. The van der Waals surface area contributed by atoms with Crippen LogP contribution in [0, 0.1) is 11.8 Å². The third kappa shape index (κ3) is 3.29. The highest BCUT2D eigenvalue weighted by Crippen LogP contribution is 2.35. The van der Waals surface area contributed by atoms with Gasteiger partial charge in [-0.15, -0.1) is 0 Å². The number of nitrogens with one attached hydrogen (secondary N) is 1. The van der Waals surface area contributed by atoms with Crippen LogP contribution in [0.4, 0.5) is 0 Å². The van der Waals surface area contributed by atoms with E-state index >= 15 is 0 Å². The topological polar surface area (TPSA) is 21.3 Å². The molecule has 1 aromatic carbocycles. The summed E-state index contributed by atoms with van der Waals surface area (Å²) in [5.41, 5.74) is 2.57. The molecule has 110 valence electrons. The number of ether oxygens (including phenoxy) is 1.